The number of hydrogen-bond acceptors (Lipinski definition) is 1. The molecular weight excluding hydrogens is 282 g/mol. The van der Waals surface area contributed by atoms with Gasteiger partial charge < -0.3 is 5.32 Å². The minimum Gasteiger partial charge on any atom is -0.321 e. The summed E-state index contributed by atoms with van der Waals surface area (Å²) in [6.07, 6.45) is 1.94. The van der Waals surface area contributed by atoms with E-state index >= 15 is 0 Å². The Bertz CT molecular complexity index is 893. The Labute approximate surface area is 135 Å². The van der Waals surface area contributed by atoms with Gasteiger partial charge in [0.1, 0.15) is 0 Å². The van der Waals surface area contributed by atoms with Crippen molar-refractivity contribution in [3.05, 3.63) is 90.0 Å². The molecule has 0 spiro atoms. The minimum absolute atomic E-state index is 0.0432. The zero-order valence-corrected chi connectivity index (χ0v) is 12.5. The lowest BCUT2D eigenvalue weighted by Gasteiger charge is -2.03. The maximum atomic E-state index is 12.1. The predicted molar refractivity (Wildman–Crippen MR) is 94.8 cm³/mol. The Morgan fingerprint density at radius 3 is 2.13 bits per heavy atom. The highest BCUT2D eigenvalue weighted by molar-refractivity contribution is 6.34. The molecule has 3 aromatic carbocycles. The van der Waals surface area contributed by atoms with E-state index < -0.39 is 0 Å². The normalized spacial score (nSPS) is 14.6. The predicted octanol–water partition coefficient (Wildman–Crippen LogP) is 4.85. The third kappa shape index (κ3) is 2.55. The van der Waals surface area contributed by atoms with Crippen LogP contribution < -0.4 is 5.32 Å². The Kier molecular flexibility index (Phi) is 3.28. The SMILES string of the molecule is O=C1Nc2ccccc2/C1=C/c1ccc(-c2ccccc2)cc1. The van der Waals surface area contributed by atoms with Crippen LogP contribution in [0.2, 0.25) is 0 Å². The lowest BCUT2D eigenvalue weighted by Crippen LogP contribution is -2.03. The summed E-state index contributed by atoms with van der Waals surface area (Å²) in [5.41, 5.74) is 5.94. The van der Waals surface area contributed by atoms with Gasteiger partial charge >= 0.3 is 0 Å². The molecule has 0 radical (unpaired) electrons. The number of anilines is 1. The average Bonchev–Trinajstić information content (AvgIpc) is 2.92. The standard InChI is InChI=1S/C21H15NO/c23-21-19(18-8-4-5-9-20(18)22-21)14-15-10-12-17(13-11-15)16-6-2-1-3-7-16/h1-14H,(H,22,23)/b19-14-. The van der Waals surface area contributed by atoms with Gasteiger partial charge in [-0.2, -0.15) is 0 Å². The van der Waals surface area contributed by atoms with Gasteiger partial charge in [0.15, 0.2) is 0 Å². The third-order valence-corrected chi connectivity index (χ3v) is 4.04. The van der Waals surface area contributed by atoms with Crippen molar-refractivity contribution in [3.63, 3.8) is 0 Å². The van der Waals surface area contributed by atoms with Crippen molar-refractivity contribution in [1.82, 2.24) is 0 Å². The number of rotatable bonds is 2. The third-order valence-electron chi connectivity index (χ3n) is 4.04. The van der Waals surface area contributed by atoms with Gasteiger partial charge in [0.2, 0.25) is 0 Å². The molecule has 1 amide bonds. The average molecular weight is 297 g/mol. The first-order chi connectivity index (χ1) is 11.3. The fourth-order valence-electron chi connectivity index (χ4n) is 2.85. The molecular formula is C21H15NO. The lowest BCUT2D eigenvalue weighted by atomic mass is 10.0. The monoisotopic (exact) mass is 297 g/mol. The Balaban J connectivity index is 1.68. The molecule has 0 saturated heterocycles. The van der Waals surface area contributed by atoms with Crippen molar-refractivity contribution >= 4 is 23.2 Å². The first-order valence-electron chi connectivity index (χ1n) is 7.59. The molecule has 1 heterocycles. The molecule has 0 fully saturated rings. The van der Waals surface area contributed by atoms with Crippen LogP contribution in [0.25, 0.3) is 22.8 Å². The van der Waals surface area contributed by atoms with E-state index in [9.17, 15) is 4.79 Å². The maximum Gasteiger partial charge on any atom is 0.256 e. The van der Waals surface area contributed by atoms with Crippen LogP contribution in [0.15, 0.2) is 78.9 Å². The largest absolute Gasteiger partial charge is 0.321 e. The Morgan fingerprint density at radius 1 is 0.696 bits per heavy atom. The second kappa shape index (κ2) is 5.58. The fourth-order valence-corrected chi connectivity index (χ4v) is 2.85. The van der Waals surface area contributed by atoms with Crippen molar-refractivity contribution in [2.75, 3.05) is 5.32 Å². The number of carbonyl (C=O) groups excluding carboxylic acids is 1. The highest BCUT2D eigenvalue weighted by atomic mass is 16.2. The molecule has 4 rings (SSSR count). The van der Waals surface area contributed by atoms with Gasteiger partial charge in [-0.1, -0.05) is 72.8 Å². The van der Waals surface area contributed by atoms with Crippen LogP contribution in [0.4, 0.5) is 5.69 Å². The molecule has 0 aromatic heterocycles. The van der Waals surface area contributed by atoms with E-state index in [2.05, 4.69) is 29.6 Å². The molecule has 0 saturated carbocycles. The van der Waals surface area contributed by atoms with Crippen molar-refractivity contribution in [1.29, 1.82) is 0 Å². The van der Waals surface area contributed by atoms with E-state index in [0.29, 0.717) is 5.57 Å². The quantitative estimate of drug-likeness (QED) is 0.673. The van der Waals surface area contributed by atoms with Crippen molar-refractivity contribution in [2.24, 2.45) is 0 Å². The van der Waals surface area contributed by atoms with Gasteiger partial charge in [-0.25, -0.2) is 0 Å². The molecule has 0 atom stereocenters. The number of fused-ring (bicyclic) bond motifs is 1. The first-order valence-corrected chi connectivity index (χ1v) is 7.59. The molecule has 23 heavy (non-hydrogen) atoms. The molecule has 2 nitrogen and oxygen atoms in total. The second-order valence-electron chi connectivity index (χ2n) is 5.55. The zero-order chi connectivity index (χ0) is 15.6. The number of benzene rings is 3. The Morgan fingerprint density at radius 2 is 1.35 bits per heavy atom. The van der Waals surface area contributed by atoms with Crippen LogP contribution in [0, 0.1) is 0 Å². The van der Waals surface area contributed by atoms with E-state index in [0.717, 1.165) is 16.8 Å². The van der Waals surface area contributed by atoms with E-state index in [1.54, 1.807) is 0 Å². The van der Waals surface area contributed by atoms with Crippen molar-refractivity contribution in [2.45, 2.75) is 0 Å². The van der Waals surface area contributed by atoms with Crippen LogP contribution in [0.3, 0.4) is 0 Å². The Hall–Kier alpha value is -3.13. The molecule has 110 valence electrons. The first kappa shape index (κ1) is 13.5. The highest BCUT2D eigenvalue weighted by Crippen LogP contribution is 2.32. The molecule has 2 heteroatoms. The number of amides is 1. The molecule has 0 unspecified atom stereocenters. The summed E-state index contributed by atoms with van der Waals surface area (Å²) in [4.78, 5) is 12.1. The number of para-hydroxylation sites is 1. The van der Waals surface area contributed by atoms with E-state index in [1.165, 1.54) is 11.1 Å². The summed E-state index contributed by atoms with van der Waals surface area (Å²) in [7, 11) is 0. The number of carbonyl (C=O) groups is 1. The summed E-state index contributed by atoms with van der Waals surface area (Å²) in [6, 6.07) is 26.3. The van der Waals surface area contributed by atoms with Crippen LogP contribution >= 0.6 is 0 Å². The molecule has 1 aliphatic heterocycles. The highest BCUT2D eigenvalue weighted by Gasteiger charge is 2.23. The summed E-state index contributed by atoms with van der Waals surface area (Å²) in [6.45, 7) is 0. The van der Waals surface area contributed by atoms with Gasteiger partial charge in [0.05, 0.1) is 0 Å². The second-order valence-corrected chi connectivity index (χ2v) is 5.55. The summed E-state index contributed by atoms with van der Waals surface area (Å²) >= 11 is 0. The molecule has 0 aliphatic carbocycles. The van der Waals surface area contributed by atoms with Crippen LogP contribution in [-0.2, 0) is 4.79 Å². The zero-order valence-electron chi connectivity index (χ0n) is 12.5. The topological polar surface area (TPSA) is 29.1 Å². The molecule has 1 N–H and O–H groups in total. The smallest absolute Gasteiger partial charge is 0.256 e. The van der Waals surface area contributed by atoms with Gasteiger partial charge in [-0.3, -0.25) is 4.79 Å². The van der Waals surface area contributed by atoms with E-state index in [1.807, 2.05) is 60.7 Å². The van der Waals surface area contributed by atoms with E-state index in [-0.39, 0.29) is 5.91 Å². The molecule has 0 bridgehead atoms. The number of nitrogens with one attached hydrogen (secondary N) is 1. The van der Waals surface area contributed by atoms with Gasteiger partial charge in [0.25, 0.3) is 5.91 Å². The fraction of sp³-hybridized carbons (Fsp3) is 0. The van der Waals surface area contributed by atoms with Crippen molar-refractivity contribution < 1.29 is 4.79 Å². The molecule has 3 aromatic rings. The van der Waals surface area contributed by atoms with Gasteiger partial charge in [0, 0.05) is 16.8 Å². The minimum atomic E-state index is -0.0432. The van der Waals surface area contributed by atoms with Crippen LogP contribution in [0.1, 0.15) is 11.1 Å². The van der Waals surface area contributed by atoms with Crippen molar-refractivity contribution in [3.8, 4) is 11.1 Å². The molecule has 1 aliphatic rings. The summed E-state index contributed by atoms with van der Waals surface area (Å²) in [5, 5.41) is 2.90. The lowest BCUT2D eigenvalue weighted by molar-refractivity contribution is -0.110. The maximum absolute atomic E-state index is 12.1. The van der Waals surface area contributed by atoms with Crippen LogP contribution in [-0.4, -0.2) is 5.91 Å². The van der Waals surface area contributed by atoms with Gasteiger partial charge in [-0.05, 0) is 28.8 Å². The summed E-state index contributed by atoms with van der Waals surface area (Å²) in [5.74, 6) is -0.0432. The number of hydrogen-bond donors (Lipinski definition) is 1. The van der Waals surface area contributed by atoms with E-state index in [4.69, 9.17) is 0 Å². The van der Waals surface area contributed by atoms with Gasteiger partial charge in [-0.15, -0.1) is 0 Å². The van der Waals surface area contributed by atoms with Crippen LogP contribution in [0.5, 0.6) is 0 Å². The summed E-state index contributed by atoms with van der Waals surface area (Å²) < 4.78 is 0.